The number of amides is 1. The molecule has 2 aromatic rings. The van der Waals surface area contributed by atoms with Gasteiger partial charge in [0.1, 0.15) is 11.6 Å². The molecule has 2 aromatic carbocycles. The number of methoxy groups -OCH3 is 1. The Labute approximate surface area is 126 Å². The number of nitrogens with one attached hydrogen (secondary N) is 1. The van der Waals surface area contributed by atoms with Crippen LogP contribution in [-0.4, -0.2) is 24.9 Å². The summed E-state index contributed by atoms with van der Waals surface area (Å²) < 4.78 is 18.8. The molecule has 0 bridgehead atoms. The minimum Gasteiger partial charge on any atom is -0.495 e. The van der Waals surface area contributed by atoms with Crippen molar-refractivity contribution in [1.82, 2.24) is 0 Å². The van der Waals surface area contributed by atoms with Gasteiger partial charge >= 0.3 is 0 Å². The number of anilines is 1. The van der Waals surface area contributed by atoms with Crippen LogP contribution >= 0.6 is 0 Å². The van der Waals surface area contributed by atoms with Crippen LogP contribution in [0, 0.1) is 5.82 Å². The summed E-state index contributed by atoms with van der Waals surface area (Å²) in [4.78, 5) is 16.3. The van der Waals surface area contributed by atoms with Crippen LogP contribution < -0.4 is 15.8 Å². The van der Waals surface area contributed by atoms with E-state index in [0.717, 1.165) is 0 Å². The third-order valence-corrected chi connectivity index (χ3v) is 3.38. The number of hydrogen-bond donors (Lipinski definition) is 2. The Bertz CT molecular complexity index is 774. The highest BCUT2D eigenvalue weighted by Crippen LogP contribution is 2.32. The lowest BCUT2D eigenvalue weighted by Crippen LogP contribution is -2.33. The van der Waals surface area contributed by atoms with E-state index in [1.54, 1.807) is 30.3 Å². The highest BCUT2D eigenvalue weighted by Gasteiger charge is 2.25. The maximum absolute atomic E-state index is 13.5. The van der Waals surface area contributed by atoms with Gasteiger partial charge in [-0.15, -0.1) is 0 Å². The highest BCUT2D eigenvalue weighted by molar-refractivity contribution is 6.20. The lowest BCUT2D eigenvalue weighted by molar-refractivity contribution is -0.117. The summed E-state index contributed by atoms with van der Waals surface area (Å²) in [5.41, 5.74) is 7.88. The van der Waals surface area contributed by atoms with Gasteiger partial charge in [-0.25, -0.2) is 4.39 Å². The molecule has 1 aliphatic rings. The Hall–Kier alpha value is -2.73. The fourth-order valence-electron chi connectivity index (χ4n) is 2.36. The van der Waals surface area contributed by atoms with Gasteiger partial charge < -0.3 is 15.8 Å². The number of rotatable bonds is 2. The van der Waals surface area contributed by atoms with Gasteiger partial charge in [0.15, 0.2) is 6.17 Å². The van der Waals surface area contributed by atoms with Crippen molar-refractivity contribution in [1.29, 1.82) is 0 Å². The van der Waals surface area contributed by atoms with Crippen LogP contribution in [0.4, 0.5) is 10.1 Å². The van der Waals surface area contributed by atoms with Crippen molar-refractivity contribution in [2.45, 2.75) is 6.17 Å². The van der Waals surface area contributed by atoms with Crippen LogP contribution in [0.15, 0.2) is 47.5 Å². The van der Waals surface area contributed by atoms with Crippen molar-refractivity contribution in [3.63, 3.8) is 0 Å². The zero-order chi connectivity index (χ0) is 15.7. The van der Waals surface area contributed by atoms with Crippen molar-refractivity contribution in [2.75, 3.05) is 12.4 Å². The molecular weight excluding hydrogens is 285 g/mol. The average Bonchev–Trinajstić information content (AvgIpc) is 2.64. The number of carbonyl (C=O) groups excluding carboxylic acids is 1. The second-order valence-electron chi connectivity index (χ2n) is 4.80. The monoisotopic (exact) mass is 299 g/mol. The molecule has 0 radical (unpaired) electrons. The first kappa shape index (κ1) is 14.2. The molecular formula is C16H14FN3O2. The smallest absolute Gasteiger partial charge is 0.263 e. The molecule has 3 N–H and O–H groups in total. The Morgan fingerprint density at radius 2 is 2.05 bits per heavy atom. The maximum Gasteiger partial charge on any atom is 0.263 e. The number of carbonyl (C=O) groups is 1. The number of fused-ring (bicyclic) bond motifs is 1. The molecule has 22 heavy (non-hydrogen) atoms. The largest absolute Gasteiger partial charge is 0.495 e. The second-order valence-corrected chi connectivity index (χ2v) is 4.80. The van der Waals surface area contributed by atoms with Crippen molar-refractivity contribution in [3.05, 3.63) is 59.4 Å². The standard InChI is InChI=1S/C16H14FN3O2/c1-22-12-7-3-6-11-13(9-4-2-5-10(17)8-9)19-15(18)16(21)20-14(11)12/h2-8,15H,18H2,1H3,(H,20,21). The second kappa shape index (κ2) is 5.57. The first-order valence-electron chi connectivity index (χ1n) is 6.67. The molecule has 0 aromatic heterocycles. The fourth-order valence-corrected chi connectivity index (χ4v) is 2.36. The molecule has 6 heteroatoms. The minimum absolute atomic E-state index is 0.387. The van der Waals surface area contributed by atoms with E-state index in [4.69, 9.17) is 10.5 Å². The predicted molar refractivity (Wildman–Crippen MR) is 81.6 cm³/mol. The van der Waals surface area contributed by atoms with E-state index in [2.05, 4.69) is 10.3 Å². The van der Waals surface area contributed by atoms with E-state index >= 15 is 0 Å². The average molecular weight is 299 g/mol. The molecule has 1 aliphatic heterocycles. The van der Waals surface area contributed by atoms with Gasteiger partial charge in [0.05, 0.1) is 18.5 Å². The van der Waals surface area contributed by atoms with Crippen LogP contribution in [0.5, 0.6) is 5.75 Å². The van der Waals surface area contributed by atoms with Gasteiger partial charge in [0, 0.05) is 11.1 Å². The van der Waals surface area contributed by atoms with E-state index in [1.807, 2.05) is 0 Å². The van der Waals surface area contributed by atoms with Gasteiger partial charge in [-0.3, -0.25) is 9.79 Å². The zero-order valence-electron chi connectivity index (χ0n) is 11.8. The van der Waals surface area contributed by atoms with Crippen molar-refractivity contribution in [3.8, 4) is 5.75 Å². The summed E-state index contributed by atoms with van der Waals surface area (Å²) in [6, 6.07) is 11.3. The SMILES string of the molecule is COc1cccc2c1NC(=O)C(N)N=C2c1cccc(F)c1. The van der Waals surface area contributed by atoms with E-state index < -0.39 is 12.1 Å². The predicted octanol–water partition coefficient (Wildman–Crippen LogP) is 1.91. The van der Waals surface area contributed by atoms with E-state index in [0.29, 0.717) is 28.3 Å². The summed E-state index contributed by atoms with van der Waals surface area (Å²) in [5, 5.41) is 2.71. The number of benzodiazepines with no additional fused rings is 1. The molecule has 0 saturated carbocycles. The van der Waals surface area contributed by atoms with Crippen LogP contribution in [-0.2, 0) is 4.79 Å². The molecule has 3 rings (SSSR count). The molecule has 5 nitrogen and oxygen atoms in total. The minimum atomic E-state index is -1.07. The summed E-state index contributed by atoms with van der Waals surface area (Å²) in [6.07, 6.45) is -1.07. The Morgan fingerprint density at radius 3 is 2.77 bits per heavy atom. The Balaban J connectivity index is 2.25. The summed E-state index contributed by atoms with van der Waals surface area (Å²) >= 11 is 0. The molecule has 1 unspecified atom stereocenters. The van der Waals surface area contributed by atoms with E-state index in [-0.39, 0.29) is 5.82 Å². The third-order valence-electron chi connectivity index (χ3n) is 3.38. The normalized spacial score (nSPS) is 17.1. The molecule has 1 atom stereocenters. The van der Waals surface area contributed by atoms with Crippen LogP contribution in [0.3, 0.4) is 0 Å². The molecule has 1 amide bonds. The Kier molecular flexibility index (Phi) is 3.60. The molecule has 0 spiro atoms. The van der Waals surface area contributed by atoms with Gasteiger partial charge in [-0.05, 0) is 18.2 Å². The van der Waals surface area contributed by atoms with Gasteiger partial charge in [-0.2, -0.15) is 0 Å². The van der Waals surface area contributed by atoms with Crippen LogP contribution in [0.1, 0.15) is 11.1 Å². The van der Waals surface area contributed by atoms with Gasteiger partial charge in [0.25, 0.3) is 5.91 Å². The molecule has 1 heterocycles. The van der Waals surface area contributed by atoms with Gasteiger partial charge in [0.2, 0.25) is 0 Å². The van der Waals surface area contributed by atoms with Crippen molar-refractivity contribution < 1.29 is 13.9 Å². The summed E-state index contributed by atoms with van der Waals surface area (Å²) in [6.45, 7) is 0. The number of hydrogen-bond acceptors (Lipinski definition) is 4. The van der Waals surface area contributed by atoms with Crippen LogP contribution in [0.2, 0.25) is 0 Å². The zero-order valence-corrected chi connectivity index (χ0v) is 11.8. The Morgan fingerprint density at radius 1 is 1.27 bits per heavy atom. The summed E-state index contributed by atoms with van der Waals surface area (Å²) in [5.74, 6) is -0.344. The lowest BCUT2D eigenvalue weighted by Gasteiger charge is -2.13. The number of ether oxygens (including phenoxy) is 1. The van der Waals surface area contributed by atoms with Crippen LogP contribution in [0.25, 0.3) is 0 Å². The number of nitrogens with zero attached hydrogens (tertiary/aromatic N) is 1. The number of benzene rings is 2. The van der Waals surface area contributed by atoms with Crippen molar-refractivity contribution >= 4 is 17.3 Å². The van der Waals surface area contributed by atoms with Crippen molar-refractivity contribution in [2.24, 2.45) is 10.7 Å². The number of para-hydroxylation sites is 1. The lowest BCUT2D eigenvalue weighted by atomic mass is 10.00. The molecule has 112 valence electrons. The topological polar surface area (TPSA) is 76.7 Å². The third kappa shape index (κ3) is 2.44. The first-order chi connectivity index (χ1) is 10.6. The highest BCUT2D eigenvalue weighted by atomic mass is 19.1. The number of halogens is 1. The number of nitrogens with two attached hydrogens (primary N) is 1. The maximum atomic E-state index is 13.5. The molecule has 0 fully saturated rings. The molecule has 0 saturated heterocycles. The first-order valence-corrected chi connectivity index (χ1v) is 6.67. The van der Waals surface area contributed by atoms with E-state index in [1.165, 1.54) is 19.2 Å². The molecule has 0 aliphatic carbocycles. The van der Waals surface area contributed by atoms with Gasteiger partial charge in [-0.1, -0.05) is 24.3 Å². The number of aliphatic imine (C=N–C) groups is 1. The fraction of sp³-hybridized carbons (Fsp3) is 0.125. The quantitative estimate of drug-likeness (QED) is 0.889. The van der Waals surface area contributed by atoms with E-state index in [9.17, 15) is 9.18 Å². The summed E-state index contributed by atoms with van der Waals surface area (Å²) in [7, 11) is 1.51.